The Morgan fingerprint density at radius 3 is 3.08 bits per heavy atom. The average Bonchev–Trinajstić information content (AvgIpc) is 3.23. The number of thiophene rings is 1. The Kier molecular flexibility index (Phi) is 4.97. The Morgan fingerprint density at radius 1 is 1.54 bits per heavy atom. The maximum atomic E-state index is 12.3. The molecule has 130 valence electrons. The van der Waals surface area contributed by atoms with Gasteiger partial charge in [0.25, 0.3) is 0 Å². The van der Waals surface area contributed by atoms with Crippen LogP contribution in [-0.4, -0.2) is 48.1 Å². The van der Waals surface area contributed by atoms with Gasteiger partial charge in [0.05, 0.1) is 23.6 Å². The van der Waals surface area contributed by atoms with Crippen LogP contribution in [0.2, 0.25) is 0 Å². The number of piperidine rings is 1. The molecule has 0 spiro atoms. The van der Waals surface area contributed by atoms with Crippen LogP contribution in [0, 0.1) is 5.92 Å². The molecular formula is C14H18N4O4S2. The van der Waals surface area contributed by atoms with E-state index in [1.807, 2.05) is 17.5 Å². The summed E-state index contributed by atoms with van der Waals surface area (Å²) >= 11 is 1.50. The number of amides is 1. The van der Waals surface area contributed by atoms with E-state index in [9.17, 15) is 13.2 Å². The molecule has 1 amide bonds. The number of nitrogens with one attached hydrogen (secondary N) is 1. The third-order valence-corrected chi connectivity index (χ3v) is 5.98. The second-order valence-electron chi connectivity index (χ2n) is 5.67. The lowest BCUT2D eigenvalue weighted by Gasteiger charge is -2.29. The lowest BCUT2D eigenvalue weighted by Crippen LogP contribution is -2.44. The summed E-state index contributed by atoms with van der Waals surface area (Å²) in [6, 6.07) is 3.79. The van der Waals surface area contributed by atoms with E-state index in [0.717, 1.165) is 11.1 Å². The minimum atomic E-state index is -3.27. The summed E-state index contributed by atoms with van der Waals surface area (Å²) in [6.07, 6.45) is 2.51. The molecule has 2 aromatic heterocycles. The highest BCUT2D eigenvalue weighted by atomic mass is 32.2. The van der Waals surface area contributed by atoms with Gasteiger partial charge in [-0.1, -0.05) is 11.2 Å². The molecule has 3 rings (SSSR count). The van der Waals surface area contributed by atoms with E-state index in [4.69, 9.17) is 4.52 Å². The van der Waals surface area contributed by atoms with Crippen molar-refractivity contribution in [3.8, 4) is 10.7 Å². The van der Waals surface area contributed by atoms with Gasteiger partial charge < -0.3 is 9.84 Å². The molecule has 0 saturated carbocycles. The minimum absolute atomic E-state index is 0.132. The fourth-order valence-corrected chi connectivity index (χ4v) is 4.16. The van der Waals surface area contributed by atoms with Crippen LogP contribution >= 0.6 is 11.3 Å². The fourth-order valence-electron chi connectivity index (χ4n) is 2.60. The van der Waals surface area contributed by atoms with Crippen LogP contribution in [0.5, 0.6) is 0 Å². The van der Waals surface area contributed by atoms with Crippen molar-refractivity contribution in [1.82, 2.24) is 19.8 Å². The minimum Gasteiger partial charge on any atom is -0.347 e. The van der Waals surface area contributed by atoms with E-state index in [0.29, 0.717) is 31.1 Å². The lowest BCUT2D eigenvalue weighted by molar-refractivity contribution is -0.126. The fraction of sp³-hybridized carbons (Fsp3) is 0.500. The van der Waals surface area contributed by atoms with Gasteiger partial charge in [0, 0.05) is 13.1 Å². The third-order valence-electron chi connectivity index (χ3n) is 3.85. The molecule has 8 nitrogen and oxygen atoms in total. The number of nitrogens with zero attached hydrogens (tertiary/aromatic N) is 3. The first-order valence-electron chi connectivity index (χ1n) is 7.53. The Hall–Kier alpha value is -1.78. The molecule has 3 heterocycles. The Bertz CT molecular complexity index is 801. The van der Waals surface area contributed by atoms with E-state index in [-0.39, 0.29) is 24.9 Å². The molecule has 10 heteroatoms. The highest BCUT2D eigenvalue weighted by Gasteiger charge is 2.30. The highest BCUT2D eigenvalue weighted by molar-refractivity contribution is 7.88. The number of sulfonamides is 1. The van der Waals surface area contributed by atoms with Gasteiger partial charge in [-0.15, -0.1) is 11.3 Å². The van der Waals surface area contributed by atoms with Crippen molar-refractivity contribution >= 4 is 27.3 Å². The lowest BCUT2D eigenvalue weighted by atomic mass is 9.99. The number of carbonyl (C=O) groups excluding carboxylic acids is 1. The quantitative estimate of drug-likeness (QED) is 0.844. The van der Waals surface area contributed by atoms with Crippen molar-refractivity contribution < 1.29 is 17.7 Å². The van der Waals surface area contributed by atoms with Gasteiger partial charge in [0.1, 0.15) is 0 Å². The SMILES string of the molecule is CS(=O)(=O)N1CCC[C@H](C(=O)NCc2nc(-c3cccs3)no2)C1. The summed E-state index contributed by atoms with van der Waals surface area (Å²) in [7, 11) is -3.27. The van der Waals surface area contributed by atoms with E-state index < -0.39 is 10.0 Å². The summed E-state index contributed by atoms with van der Waals surface area (Å²) in [5.41, 5.74) is 0. The molecule has 0 bridgehead atoms. The van der Waals surface area contributed by atoms with Crippen molar-refractivity contribution in [3.63, 3.8) is 0 Å². The molecule has 1 aliphatic rings. The molecular weight excluding hydrogens is 352 g/mol. The zero-order valence-electron chi connectivity index (χ0n) is 13.1. The molecule has 1 saturated heterocycles. The third kappa shape index (κ3) is 4.00. The monoisotopic (exact) mass is 370 g/mol. The summed E-state index contributed by atoms with van der Waals surface area (Å²) in [5.74, 6) is 0.269. The van der Waals surface area contributed by atoms with Crippen molar-refractivity contribution in [1.29, 1.82) is 0 Å². The molecule has 2 aromatic rings. The molecule has 0 unspecified atom stereocenters. The van der Waals surface area contributed by atoms with Crippen molar-refractivity contribution in [2.24, 2.45) is 5.92 Å². The predicted octanol–water partition coefficient (Wildman–Crippen LogP) is 1.09. The molecule has 0 radical (unpaired) electrons. The zero-order chi connectivity index (χ0) is 17.2. The van der Waals surface area contributed by atoms with Crippen LogP contribution < -0.4 is 5.32 Å². The molecule has 0 aromatic carbocycles. The number of hydrogen-bond donors (Lipinski definition) is 1. The van der Waals surface area contributed by atoms with Gasteiger partial charge in [0.15, 0.2) is 0 Å². The highest BCUT2D eigenvalue weighted by Crippen LogP contribution is 2.21. The van der Waals surface area contributed by atoms with Crippen LogP contribution in [0.15, 0.2) is 22.0 Å². The average molecular weight is 370 g/mol. The normalized spacial score (nSPS) is 19.3. The molecule has 1 N–H and O–H groups in total. The first-order chi connectivity index (χ1) is 11.4. The second-order valence-corrected chi connectivity index (χ2v) is 8.60. The van der Waals surface area contributed by atoms with Gasteiger partial charge in [-0.05, 0) is 24.3 Å². The summed E-state index contributed by atoms with van der Waals surface area (Å²) in [6.45, 7) is 0.817. The smallest absolute Gasteiger partial charge is 0.246 e. The van der Waals surface area contributed by atoms with Crippen LogP contribution in [-0.2, 0) is 21.4 Å². The maximum absolute atomic E-state index is 12.3. The van der Waals surface area contributed by atoms with Gasteiger partial charge >= 0.3 is 0 Å². The van der Waals surface area contributed by atoms with Crippen molar-refractivity contribution in [3.05, 3.63) is 23.4 Å². The van der Waals surface area contributed by atoms with E-state index in [1.165, 1.54) is 15.6 Å². The van der Waals surface area contributed by atoms with Gasteiger partial charge in [-0.2, -0.15) is 4.98 Å². The summed E-state index contributed by atoms with van der Waals surface area (Å²) < 4.78 is 29.7. The molecule has 24 heavy (non-hydrogen) atoms. The van der Waals surface area contributed by atoms with Gasteiger partial charge in [-0.3, -0.25) is 4.79 Å². The van der Waals surface area contributed by atoms with E-state index in [2.05, 4.69) is 15.5 Å². The zero-order valence-corrected chi connectivity index (χ0v) is 14.8. The van der Waals surface area contributed by atoms with E-state index >= 15 is 0 Å². The standard InChI is InChI=1S/C14H18N4O4S2/c1-24(20,21)18-6-2-4-10(9-18)14(19)15-8-12-16-13(17-22-12)11-5-3-7-23-11/h3,5,7,10H,2,4,6,8-9H2,1H3,(H,15,19)/t10-/m0/s1. The molecule has 1 aliphatic heterocycles. The second kappa shape index (κ2) is 6.99. The Balaban J connectivity index is 1.56. The van der Waals surface area contributed by atoms with Gasteiger partial charge in [-0.25, -0.2) is 12.7 Å². The van der Waals surface area contributed by atoms with Crippen LogP contribution in [0.25, 0.3) is 10.7 Å². The largest absolute Gasteiger partial charge is 0.347 e. The van der Waals surface area contributed by atoms with Crippen LogP contribution in [0.3, 0.4) is 0 Å². The topological polar surface area (TPSA) is 105 Å². The predicted molar refractivity (Wildman–Crippen MR) is 88.6 cm³/mol. The molecule has 0 aliphatic carbocycles. The summed E-state index contributed by atoms with van der Waals surface area (Å²) in [4.78, 5) is 17.4. The Morgan fingerprint density at radius 2 is 2.38 bits per heavy atom. The van der Waals surface area contributed by atoms with Gasteiger partial charge in [0.2, 0.25) is 27.6 Å². The first-order valence-corrected chi connectivity index (χ1v) is 10.3. The van der Waals surface area contributed by atoms with Crippen LogP contribution in [0.4, 0.5) is 0 Å². The number of aromatic nitrogens is 2. The number of rotatable bonds is 5. The first kappa shape index (κ1) is 17.1. The van der Waals surface area contributed by atoms with Crippen LogP contribution in [0.1, 0.15) is 18.7 Å². The Labute approximate surface area is 143 Å². The summed E-state index contributed by atoms with van der Waals surface area (Å²) in [5, 5.41) is 8.55. The number of carbonyl (C=O) groups is 1. The van der Waals surface area contributed by atoms with Crippen molar-refractivity contribution in [2.45, 2.75) is 19.4 Å². The molecule has 1 atom stereocenters. The van der Waals surface area contributed by atoms with Crippen molar-refractivity contribution in [2.75, 3.05) is 19.3 Å². The maximum Gasteiger partial charge on any atom is 0.246 e. The molecule has 1 fully saturated rings. The number of hydrogen-bond acceptors (Lipinski definition) is 7. The van der Waals surface area contributed by atoms with E-state index in [1.54, 1.807) is 0 Å².